The zero-order valence-corrected chi connectivity index (χ0v) is 11.3. The van der Waals surface area contributed by atoms with Gasteiger partial charge in [0.2, 0.25) is 11.8 Å². The molecule has 1 atom stereocenters. The van der Waals surface area contributed by atoms with Crippen LogP contribution in [0.4, 0.5) is 5.69 Å². The minimum absolute atomic E-state index is 0.218. The smallest absolute Gasteiger partial charge is 0.249 e. The standard InChI is InChI=1S/C14H19N3O2/c1-3-15-8-11-6-4-5-7-12(11)17-9-13(18)16-14(19)10(17)2/h4-7,10,15H,3,8-9H2,1-2H3,(H,16,18,19). The summed E-state index contributed by atoms with van der Waals surface area (Å²) in [6.45, 7) is 5.68. The van der Waals surface area contributed by atoms with Crippen molar-refractivity contribution < 1.29 is 9.59 Å². The van der Waals surface area contributed by atoms with Gasteiger partial charge in [-0.3, -0.25) is 14.9 Å². The van der Waals surface area contributed by atoms with Crippen molar-refractivity contribution in [2.45, 2.75) is 26.4 Å². The summed E-state index contributed by atoms with van der Waals surface area (Å²) in [5, 5.41) is 5.63. The highest BCUT2D eigenvalue weighted by atomic mass is 16.2. The second-order valence-corrected chi connectivity index (χ2v) is 4.63. The highest BCUT2D eigenvalue weighted by molar-refractivity contribution is 6.04. The van der Waals surface area contributed by atoms with E-state index in [9.17, 15) is 9.59 Å². The number of rotatable bonds is 4. The Hall–Kier alpha value is -1.88. The molecular formula is C14H19N3O2. The first kappa shape index (κ1) is 13.5. The number of nitrogens with zero attached hydrogens (tertiary/aromatic N) is 1. The van der Waals surface area contributed by atoms with Crippen LogP contribution >= 0.6 is 0 Å². The average molecular weight is 261 g/mol. The lowest BCUT2D eigenvalue weighted by Crippen LogP contribution is -2.57. The number of benzene rings is 1. The van der Waals surface area contributed by atoms with Crippen LogP contribution in [-0.4, -0.2) is 30.9 Å². The Bertz CT molecular complexity index is 487. The third kappa shape index (κ3) is 2.93. The van der Waals surface area contributed by atoms with E-state index in [1.54, 1.807) is 0 Å². The summed E-state index contributed by atoms with van der Waals surface area (Å²) in [6.07, 6.45) is 0. The Morgan fingerprint density at radius 2 is 2.11 bits per heavy atom. The van der Waals surface area contributed by atoms with Crippen molar-refractivity contribution in [3.05, 3.63) is 29.8 Å². The summed E-state index contributed by atoms with van der Waals surface area (Å²) < 4.78 is 0. The van der Waals surface area contributed by atoms with Crippen LogP contribution in [0.3, 0.4) is 0 Å². The number of hydrogen-bond acceptors (Lipinski definition) is 4. The van der Waals surface area contributed by atoms with Crippen LogP contribution in [0.15, 0.2) is 24.3 Å². The first-order valence-corrected chi connectivity index (χ1v) is 6.52. The van der Waals surface area contributed by atoms with Crippen molar-refractivity contribution in [1.29, 1.82) is 0 Å². The van der Waals surface area contributed by atoms with Crippen molar-refractivity contribution >= 4 is 17.5 Å². The molecule has 1 aliphatic heterocycles. The Morgan fingerprint density at radius 3 is 2.84 bits per heavy atom. The third-order valence-corrected chi connectivity index (χ3v) is 3.29. The van der Waals surface area contributed by atoms with Gasteiger partial charge in [0.1, 0.15) is 6.04 Å². The molecule has 0 aromatic heterocycles. The van der Waals surface area contributed by atoms with Gasteiger partial charge in [-0.05, 0) is 25.1 Å². The SMILES string of the molecule is CCNCc1ccccc1N1CC(=O)NC(=O)C1C. The van der Waals surface area contributed by atoms with Crippen LogP contribution in [0.2, 0.25) is 0 Å². The van der Waals surface area contributed by atoms with E-state index in [4.69, 9.17) is 0 Å². The molecule has 2 rings (SSSR count). The highest BCUT2D eigenvalue weighted by Crippen LogP contribution is 2.23. The molecule has 1 heterocycles. The van der Waals surface area contributed by atoms with Gasteiger partial charge in [0.05, 0.1) is 6.54 Å². The molecule has 5 nitrogen and oxygen atoms in total. The van der Waals surface area contributed by atoms with Crippen LogP contribution in [0.25, 0.3) is 0 Å². The largest absolute Gasteiger partial charge is 0.350 e. The normalized spacial score (nSPS) is 19.5. The molecule has 0 aliphatic carbocycles. The summed E-state index contributed by atoms with van der Waals surface area (Å²) in [5.41, 5.74) is 2.04. The van der Waals surface area contributed by atoms with E-state index in [1.165, 1.54) is 0 Å². The van der Waals surface area contributed by atoms with Gasteiger partial charge in [0.25, 0.3) is 0 Å². The summed E-state index contributed by atoms with van der Waals surface area (Å²) in [5.74, 6) is -0.490. The van der Waals surface area contributed by atoms with Crippen molar-refractivity contribution in [2.75, 3.05) is 18.0 Å². The molecule has 1 unspecified atom stereocenters. The quantitative estimate of drug-likeness (QED) is 0.781. The Balaban J connectivity index is 2.29. The molecule has 1 aromatic carbocycles. The molecule has 1 fully saturated rings. The van der Waals surface area contributed by atoms with E-state index >= 15 is 0 Å². The maximum absolute atomic E-state index is 11.7. The molecular weight excluding hydrogens is 242 g/mol. The topological polar surface area (TPSA) is 61.4 Å². The van der Waals surface area contributed by atoms with Gasteiger partial charge in [-0.2, -0.15) is 0 Å². The number of carbonyl (C=O) groups is 2. The molecule has 1 saturated heterocycles. The maximum Gasteiger partial charge on any atom is 0.249 e. The Morgan fingerprint density at radius 1 is 1.37 bits per heavy atom. The first-order chi connectivity index (χ1) is 9.13. The van der Waals surface area contributed by atoms with Gasteiger partial charge in [-0.15, -0.1) is 0 Å². The number of hydrogen-bond donors (Lipinski definition) is 2. The van der Waals surface area contributed by atoms with Gasteiger partial charge in [0.15, 0.2) is 0 Å². The maximum atomic E-state index is 11.7. The van der Waals surface area contributed by atoms with Crippen LogP contribution in [-0.2, 0) is 16.1 Å². The van der Waals surface area contributed by atoms with Gasteiger partial charge in [-0.25, -0.2) is 0 Å². The summed E-state index contributed by atoms with van der Waals surface area (Å²) >= 11 is 0. The molecule has 2 N–H and O–H groups in total. The van der Waals surface area contributed by atoms with Crippen molar-refractivity contribution in [3.8, 4) is 0 Å². The molecule has 0 saturated carbocycles. The number of carbonyl (C=O) groups excluding carboxylic acids is 2. The molecule has 102 valence electrons. The van der Waals surface area contributed by atoms with E-state index in [2.05, 4.69) is 10.6 Å². The molecule has 5 heteroatoms. The van der Waals surface area contributed by atoms with Crippen LogP contribution in [0.5, 0.6) is 0 Å². The number of amides is 2. The van der Waals surface area contributed by atoms with Crippen molar-refractivity contribution in [3.63, 3.8) is 0 Å². The molecule has 0 bridgehead atoms. The van der Waals surface area contributed by atoms with Crippen LogP contribution < -0.4 is 15.5 Å². The van der Waals surface area contributed by atoms with Crippen LogP contribution in [0.1, 0.15) is 19.4 Å². The summed E-state index contributed by atoms with van der Waals surface area (Å²) in [4.78, 5) is 25.1. The Labute approximate surface area is 113 Å². The fourth-order valence-electron chi connectivity index (χ4n) is 2.21. The number of nitrogens with one attached hydrogen (secondary N) is 2. The molecule has 2 amide bonds. The van der Waals surface area contributed by atoms with Gasteiger partial charge in [0, 0.05) is 12.2 Å². The highest BCUT2D eigenvalue weighted by Gasteiger charge is 2.31. The number of para-hydroxylation sites is 1. The number of anilines is 1. The van der Waals surface area contributed by atoms with Gasteiger partial charge < -0.3 is 10.2 Å². The van der Waals surface area contributed by atoms with Gasteiger partial charge >= 0.3 is 0 Å². The monoisotopic (exact) mass is 261 g/mol. The molecule has 19 heavy (non-hydrogen) atoms. The minimum atomic E-state index is -0.333. The second kappa shape index (κ2) is 5.84. The Kier molecular flexibility index (Phi) is 4.16. The predicted octanol–water partition coefficient (Wildman–Crippen LogP) is 0.647. The number of piperazine rings is 1. The summed E-state index contributed by atoms with van der Waals surface area (Å²) in [7, 11) is 0. The average Bonchev–Trinajstić information content (AvgIpc) is 2.41. The zero-order valence-electron chi connectivity index (χ0n) is 11.3. The van der Waals surface area contributed by atoms with Crippen molar-refractivity contribution in [1.82, 2.24) is 10.6 Å². The lowest BCUT2D eigenvalue weighted by atomic mass is 10.1. The lowest BCUT2D eigenvalue weighted by Gasteiger charge is -2.34. The van der Waals surface area contributed by atoms with E-state index in [1.807, 2.05) is 43.0 Å². The fourth-order valence-corrected chi connectivity index (χ4v) is 2.21. The predicted molar refractivity (Wildman–Crippen MR) is 73.8 cm³/mol. The van der Waals surface area contributed by atoms with E-state index in [0.29, 0.717) is 0 Å². The second-order valence-electron chi connectivity index (χ2n) is 4.63. The summed E-state index contributed by atoms with van der Waals surface area (Å²) in [6, 6.07) is 7.53. The fraction of sp³-hybridized carbons (Fsp3) is 0.429. The number of imide groups is 1. The first-order valence-electron chi connectivity index (χ1n) is 6.52. The van der Waals surface area contributed by atoms with Crippen molar-refractivity contribution in [2.24, 2.45) is 0 Å². The lowest BCUT2D eigenvalue weighted by molar-refractivity contribution is -0.132. The van der Waals surface area contributed by atoms with E-state index in [0.717, 1.165) is 24.3 Å². The van der Waals surface area contributed by atoms with E-state index in [-0.39, 0.29) is 24.4 Å². The molecule has 1 aliphatic rings. The molecule has 0 spiro atoms. The van der Waals surface area contributed by atoms with Crippen LogP contribution in [0, 0.1) is 0 Å². The zero-order chi connectivity index (χ0) is 13.8. The van der Waals surface area contributed by atoms with E-state index < -0.39 is 0 Å². The molecule has 0 radical (unpaired) electrons. The third-order valence-electron chi connectivity index (χ3n) is 3.29. The minimum Gasteiger partial charge on any atom is -0.350 e. The van der Waals surface area contributed by atoms with Gasteiger partial charge in [-0.1, -0.05) is 25.1 Å². The molecule has 1 aromatic rings.